The molecule has 1 unspecified atom stereocenters. The number of carbonyl (C=O) groups is 1. The maximum atomic E-state index is 13.0. The molecule has 2 fully saturated rings. The number of hydrogen-bond acceptors (Lipinski definition) is 5. The minimum absolute atomic E-state index is 0.0520. The molecule has 2 aliphatic rings. The van der Waals surface area contributed by atoms with Gasteiger partial charge < -0.3 is 16.4 Å². The number of anilines is 2. The second-order valence-electron chi connectivity index (χ2n) is 9.02. The third-order valence-electron chi connectivity index (χ3n) is 6.86. The molecule has 11 heteroatoms. The molecule has 2 aromatic heterocycles. The van der Waals surface area contributed by atoms with Gasteiger partial charge in [-0.3, -0.25) is 4.90 Å². The van der Waals surface area contributed by atoms with E-state index in [0.29, 0.717) is 30.0 Å². The number of nitrogens with two attached hydrogens (primary N) is 1. The zero-order valence-electron chi connectivity index (χ0n) is 18.6. The van der Waals surface area contributed by atoms with Crippen LogP contribution in [0.15, 0.2) is 36.5 Å². The molecule has 3 aromatic rings. The van der Waals surface area contributed by atoms with E-state index < -0.39 is 12.7 Å². The van der Waals surface area contributed by atoms with Crippen LogP contribution < -0.4 is 16.4 Å². The Kier molecular flexibility index (Phi) is 5.59. The van der Waals surface area contributed by atoms with Crippen molar-refractivity contribution in [2.75, 3.05) is 24.6 Å². The first kappa shape index (κ1) is 22.5. The summed E-state index contributed by atoms with van der Waals surface area (Å²) in [7, 11) is 1.54. The zero-order valence-corrected chi connectivity index (χ0v) is 18.6. The van der Waals surface area contributed by atoms with E-state index in [1.807, 2.05) is 12.1 Å². The van der Waals surface area contributed by atoms with Gasteiger partial charge in [-0.05, 0) is 43.4 Å². The lowest BCUT2D eigenvalue weighted by Crippen LogP contribution is -2.46. The molecule has 0 aliphatic carbocycles. The van der Waals surface area contributed by atoms with Crippen LogP contribution in [0, 0.1) is 0 Å². The van der Waals surface area contributed by atoms with Gasteiger partial charge in [0.15, 0.2) is 5.65 Å². The van der Waals surface area contributed by atoms with Gasteiger partial charge in [0.05, 0.1) is 12.7 Å². The Hall–Kier alpha value is -3.34. The Balaban J connectivity index is 1.42. The highest BCUT2D eigenvalue weighted by atomic mass is 19.4. The average Bonchev–Trinajstić information content (AvgIpc) is 3.30. The molecule has 4 N–H and O–H groups in total. The minimum atomic E-state index is -4.19. The first-order chi connectivity index (χ1) is 16.2. The van der Waals surface area contributed by atoms with Crippen molar-refractivity contribution >= 4 is 23.2 Å². The van der Waals surface area contributed by atoms with Crippen LogP contribution in [0.4, 0.5) is 29.5 Å². The number of nitrogens with one attached hydrogen (secondary N) is 2. The number of carbonyl (C=O) groups excluding carboxylic acids is 1. The lowest BCUT2D eigenvalue weighted by atomic mass is 9.87. The first-order valence-corrected chi connectivity index (χ1v) is 11.3. The van der Waals surface area contributed by atoms with Gasteiger partial charge in [0.1, 0.15) is 5.82 Å². The van der Waals surface area contributed by atoms with Crippen molar-refractivity contribution in [1.29, 1.82) is 0 Å². The van der Waals surface area contributed by atoms with E-state index in [2.05, 4.69) is 15.7 Å². The number of nitrogens with zero attached hydrogens (tertiary/aromatic N) is 4. The van der Waals surface area contributed by atoms with Gasteiger partial charge in [0.25, 0.3) is 0 Å². The molecule has 1 aromatic carbocycles. The van der Waals surface area contributed by atoms with Crippen molar-refractivity contribution in [3.8, 4) is 11.1 Å². The predicted molar refractivity (Wildman–Crippen MR) is 122 cm³/mol. The Labute approximate surface area is 194 Å². The number of rotatable bonds is 4. The van der Waals surface area contributed by atoms with E-state index in [-0.39, 0.29) is 24.0 Å². The maximum Gasteiger partial charge on any atom is 0.401 e. The van der Waals surface area contributed by atoms with Gasteiger partial charge in [-0.2, -0.15) is 22.8 Å². The summed E-state index contributed by atoms with van der Waals surface area (Å²) in [6.07, 6.45) is 0.343. The molecule has 34 heavy (non-hydrogen) atoms. The van der Waals surface area contributed by atoms with Crippen LogP contribution >= 0.6 is 0 Å². The molecule has 0 saturated carbocycles. The summed E-state index contributed by atoms with van der Waals surface area (Å²) in [6.45, 7) is -0.846. The molecular weight excluding hydrogens is 447 g/mol. The van der Waals surface area contributed by atoms with Gasteiger partial charge in [0.2, 0.25) is 0 Å². The van der Waals surface area contributed by atoms with Gasteiger partial charge in [-0.1, -0.05) is 12.1 Å². The fraction of sp³-hybridized carbons (Fsp3) is 0.435. The number of amides is 2. The number of halogens is 3. The van der Waals surface area contributed by atoms with E-state index in [0.717, 1.165) is 29.7 Å². The van der Waals surface area contributed by atoms with Gasteiger partial charge >= 0.3 is 12.2 Å². The standard InChI is InChI=1S/C23H26F3N7O/c1-28-22(34)30-15-4-2-13(3-5-15)18-11-29-33-20(27)10-19(31-21(18)33)14-8-16-6-7-17(9-14)32(16)12-23(24,25)26/h2-5,10-11,14,16-17H,6-9,12,27H2,1H3,(H2,28,30,34)/t14?,16-,17+. The molecule has 0 radical (unpaired) electrons. The Bertz CT molecular complexity index is 1190. The molecule has 2 saturated heterocycles. The second-order valence-corrected chi connectivity index (χ2v) is 9.02. The second kappa shape index (κ2) is 8.46. The number of hydrogen-bond donors (Lipinski definition) is 3. The summed E-state index contributed by atoms with van der Waals surface area (Å²) < 4.78 is 40.7. The lowest BCUT2D eigenvalue weighted by Gasteiger charge is -2.39. The summed E-state index contributed by atoms with van der Waals surface area (Å²) >= 11 is 0. The molecule has 2 bridgehead atoms. The fourth-order valence-corrected chi connectivity index (χ4v) is 5.33. The van der Waals surface area contributed by atoms with Crippen molar-refractivity contribution in [1.82, 2.24) is 24.8 Å². The summed E-state index contributed by atoms with van der Waals surface area (Å²) in [4.78, 5) is 18.0. The fourth-order valence-electron chi connectivity index (χ4n) is 5.33. The first-order valence-electron chi connectivity index (χ1n) is 11.3. The van der Waals surface area contributed by atoms with Gasteiger partial charge in [-0.25, -0.2) is 9.78 Å². The number of aromatic nitrogens is 3. The smallest absolute Gasteiger partial charge is 0.384 e. The highest BCUT2D eigenvalue weighted by molar-refractivity contribution is 5.89. The highest BCUT2D eigenvalue weighted by Gasteiger charge is 2.46. The summed E-state index contributed by atoms with van der Waals surface area (Å²) in [5, 5.41) is 9.59. The van der Waals surface area contributed by atoms with Crippen LogP contribution in [-0.4, -0.2) is 57.4 Å². The monoisotopic (exact) mass is 473 g/mol. The van der Waals surface area contributed by atoms with Gasteiger partial charge in [0, 0.05) is 48.1 Å². The van der Waals surface area contributed by atoms with Crippen LogP contribution in [0.25, 0.3) is 16.8 Å². The van der Waals surface area contributed by atoms with Crippen LogP contribution in [0.2, 0.25) is 0 Å². The molecule has 0 spiro atoms. The predicted octanol–water partition coefficient (Wildman–Crippen LogP) is 4.00. The summed E-state index contributed by atoms with van der Waals surface area (Å²) in [5.41, 5.74) is 9.99. The van der Waals surface area contributed by atoms with Crippen LogP contribution in [0.5, 0.6) is 0 Å². The number of benzene rings is 1. The minimum Gasteiger partial charge on any atom is -0.384 e. The van der Waals surface area contributed by atoms with Crippen molar-refractivity contribution in [2.24, 2.45) is 0 Å². The largest absolute Gasteiger partial charge is 0.401 e. The highest BCUT2D eigenvalue weighted by Crippen LogP contribution is 2.44. The van der Waals surface area contributed by atoms with Gasteiger partial charge in [-0.15, -0.1) is 0 Å². The SMILES string of the molecule is CNC(=O)Nc1ccc(-c2cnn3c(N)cc(C4C[C@H]5CC[C@@H](C4)N5CC(F)(F)F)nc23)cc1. The molecule has 3 atom stereocenters. The lowest BCUT2D eigenvalue weighted by molar-refractivity contribution is -0.155. The van der Waals surface area contributed by atoms with E-state index in [1.165, 1.54) is 0 Å². The van der Waals surface area contributed by atoms with Crippen molar-refractivity contribution < 1.29 is 18.0 Å². The normalized spacial score (nSPS) is 22.8. The van der Waals surface area contributed by atoms with Crippen LogP contribution in [-0.2, 0) is 0 Å². The van der Waals surface area contributed by atoms with E-state index in [4.69, 9.17) is 10.7 Å². The molecule has 5 rings (SSSR count). The zero-order chi connectivity index (χ0) is 24.0. The number of nitrogen functional groups attached to an aromatic ring is 1. The van der Waals surface area contributed by atoms with E-state index >= 15 is 0 Å². The van der Waals surface area contributed by atoms with Crippen molar-refractivity contribution in [2.45, 2.75) is 49.9 Å². The number of piperidine rings is 1. The van der Waals surface area contributed by atoms with Crippen molar-refractivity contribution in [3.63, 3.8) is 0 Å². The Morgan fingerprint density at radius 2 is 1.85 bits per heavy atom. The maximum absolute atomic E-state index is 13.0. The molecule has 4 heterocycles. The molecule has 180 valence electrons. The molecule has 2 amide bonds. The molecule has 2 aliphatic heterocycles. The Morgan fingerprint density at radius 1 is 1.18 bits per heavy atom. The topological polar surface area (TPSA) is 101 Å². The summed E-state index contributed by atoms with van der Waals surface area (Å²) in [5.74, 6) is 0.491. The van der Waals surface area contributed by atoms with E-state index in [9.17, 15) is 18.0 Å². The third kappa shape index (κ3) is 4.27. The number of alkyl halides is 3. The van der Waals surface area contributed by atoms with Crippen molar-refractivity contribution in [3.05, 3.63) is 42.2 Å². The third-order valence-corrected chi connectivity index (χ3v) is 6.86. The molecule has 8 nitrogen and oxygen atoms in total. The van der Waals surface area contributed by atoms with E-state index in [1.54, 1.807) is 40.9 Å². The number of fused-ring (bicyclic) bond motifs is 3. The average molecular weight is 474 g/mol. The quantitative estimate of drug-likeness (QED) is 0.532. The number of urea groups is 1. The Morgan fingerprint density at radius 3 is 2.47 bits per heavy atom. The molecular formula is C23H26F3N7O. The van der Waals surface area contributed by atoms with Crippen LogP contribution in [0.3, 0.4) is 0 Å². The summed E-state index contributed by atoms with van der Waals surface area (Å²) in [6, 6.07) is 8.61. The van der Waals surface area contributed by atoms with Crippen LogP contribution in [0.1, 0.15) is 37.3 Å².